The Bertz CT molecular complexity index is 1480. The van der Waals surface area contributed by atoms with Crippen LogP contribution in [0, 0.1) is 0 Å². The summed E-state index contributed by atoms with van der Waals surface area (Å²) in [5, 5.41) is 0.246. The topological polar surface area (TPSA) is 71.1 Å². The van der Waals surface area contributed by atoms with Crippen LogP contribution in [0.25, 0.3) is 10.8 Å². The van der Waals surface area contributed by atoms with Crippen LogP contribution in [-0.2, 0) is 44.5 Å². The molecule has 0 amide bonds. The SMILES string of the molecule is C=CC(=O)OCc1ccc(C(F)(F)Oc2cccc3c(OC(F)(F)c4ccc(COC(=O)C=C)cc4)cccc23)cc1. The lowest BCUT2D eigenvalue weighted by Gasteiger charge is -2.22. The molecule has 0 aromatic heterocycles. The largest absolute Gasteiger partial charge is 0.458 e. The van der Waals surface area contributed by atoms with E-state index < -0.39 is 35.3 Å². The zero-order valence-corrected chi connectivity index (χ0v) is 22.0. The Morgan fingerprint density at radius 2 is 0.952 bits per heavy atom. The maximum atomic E-state index is 15.1. The van der Waals surface area contributed by atoms with Gasteiger partial charge in [0.05, 0.1) is 11.1 Å². The number of alkyl halides is 4. The normalized spacial score (nSPS) is 11.4. The first kappa shape index (κ1) is 29.9. The summed E-state index contributed by atoms with van der Waals surface area (Å²) in [6.45, 7) is 6.32. The van der Waals surface area contributed by atoms with E-state index in [1.807, 2.05) is 0 Å². The lowest BCUT2D eigenvalue weighted by atomic mass is 10.1. The minimum absolute atomic E-state index is 0.121. The monoisotopic (exact) mass is 580 g/mol. The number of carbonyl (C=O) groups excluding carboxylic acids is 2. The van der Waals surface area contributed by atoms with Gasteiger partial charge < -0.3 is 18.9 Å². The Morgan fingerprint density at radius 1 is 0.595 bits per heavy atom. The van der Waals surface area contributed by atoms with Crippen molar-refractivity contribution in [3.8, 4) is 11.5 Å². The predicted molar refractivity (Wildman–Crippen MR) is 146 cm³/mol. The molecular weight excluding hydrogens is 556 g/mol. The molecule has 4 aromatic rings. The molecule has 0 spiro atoms. The molecule has 10 heteroatoms. The van der Waals surface area contributed by atoms with Crippen molar-refractivity contribution in [1.29, 1.82) is 0 Å². The highest BCUT2D eigenvalue weighted by atomic mass is 19.3. The lowest BCUT2D eigenvalue weighted by molar-refractivity contribution is -0.186. The maximum Gasteiger partial charge on any atom is 0.426 e. The van der Waals surface area contributed by atoms with Crippen molar-refractivity contribution in [2.75, 3.05) is 0 Å². The van der Waals surface area contributed by atoms with E-state index in [4.69, 9.17) is 18.9 Å². The summed E-state index contributed by atoms with van der Waals surface area (Å²) < 4.78 is 80.4. The Hall–Kier alpha value is -5.12. The molecule has 4 aromatic carbocycles. The van der Waals surface area contributed by atoms with Crippen LogP contribution in [0.3, 0.4) is 0 Å². The minimum atomic E-state index is -3.78. The quantitative estimate of drug-likeness (QED) is 0.0979. The van der Waals surface area contributed by atoms with Gasteiger partial charge >= 0.3 is 24.2 Å². The molecule has 6 nitrogen and oxygen atoms in total. The number of halogens is 4. The van der Waals surface area contributed by atoms with Crippen LogP contribution >= 0.6 is 0 Å². The van der Waals surface area contributed by atoms with Crippen LogP contribution in [0.2, 0.25) is 0 Å². The summed E-state index contributed by atoms with van der Waals surface area (Å²) in [5.41, 5.74) is 0.00619. The van der Waals surface area contributed by atoms with E-state index in [2.05, 4.69) is 13.2 Å². The molecule has 0 saturated carbocycles. The van der Waals surface area contributed by atoms with E-state index >= 15 is 17.6 Å². The van der Waals surface area contributed by atoms with Gasteiger partial charge in [-0.25, -0.2) is 9.59 Å². The highest BCUT2D eigenvalue weighted by molar-refractivity contribution is 5.93. The van der Waals surface area contributed by atoms with E-state index in [0.29, 0.717) is 11.1 Å². The fourth-order valence-corrected chi connectivity index (χ4v) is 3.84. The van der Waals surface area contributed by atoms with Gasteiger partial charge in [0, 0.05) is 22.9 Å². The zero-order chi connectivity index (χ0) is 30.3. The molecule has 216 valence electrons. The van der Waals surface area contributed by atoms with Gasteiger partial charge in [-0.15, -0.1) is 0 Å². The summed E-state index contributed by atoms with van der Waals surface area (Å²) in [7, 11) is 0. The standard InChI is InChI=1S/C32H24F4O6/c1-3-29(37)39-19-21-11-15-23(16-12-21)31(33,34)41-27-9-5-8-26-25(27)7-6-10-28(26)42-32(35,36)24-17-13-22(14-18-24)20-40-30(38)4-2/h3-18H,1-2,19-20H2. The van der Waals surface area contributed by atoms with Gasteiger partial charge in [0.25, 0.3) is 0 Å². The highest BCUT2D eigenvalue weighted by Gasteiger charge is 2.37. The molecule has 0 N–H and O–H groups in total. The van der Waals surface area contributed by atoms with Gasteiger partial charge in [-0.05, 0) is 47.5 Å². The fourth-order valence-electron chi connectivity index (χ4n) is 3.84. The van der Waals surface area contributed by atoms with Crippen molar-refractivity contribution in [2.24, 2.45) is 0 Å². The van der Waals surface area contributed by atoms with Crippen LogP contribution in [0.4, 0.5) is 17.6 Å². The van der Waals surface area contributed by atoms with Gasteiger partial charge in [0.2, 0.25) is 0 Å². The summed E-state index contributed by atoms with van der Waals surface area (Å²) in [4.78, 5) is 22.4. The highest BCUT2D eigenvalue weighted by Crippen LogP contribution is 2.40. The van der Waals surface area contributed by atoms with E-state index in [0.717, 1.165) is 36.4 Å². The average molecular weight is 581 g/mol. The first-order valence-electron chi connectivity index (χ1n) is 12.4. The van der Waals surface area contributed by atoms with Crippen molar-refractivity contribution in [2.45, 2.75) is 25.4 Å². The molecule has 0 aliphatic carbocycles. The van der Waals surface area contributed by atoms with Gasteiger partial charge in [-0.2, -0.15) is 17.6 Å². The summed E-state index contributed by atoms with van der Waals surface area (Å²) >= 11 is 0. The van der Waals surface area contributed by atoms with E-state index in [9.17, 15) is 9.59 Å². The molecule has 0 atom stereocenters. The van der Waals surface area contributed by atoms with Crippen LogP contribution in [0.15, 0.2) is 110 Å². The fraction of sp³-hybridized carbons (Fsp3) is 0.125. The third-order valence-corrected chi connectivity index (χ3v) is 5.99. The first-order chi connectivity index (χ1) is 20.0. The van der Waals surface area contributed by atoms with E-state index in [-0.39, 0.29) is 35.5 Å². The number of benzene rings is 4. The van der Waals surface area contributed by atoms with Crippen molar-refractivity contribution < 1.29 is 46.1 Å². The van der Waals surface area contributed by atoms with Crippen LogP contribution in [0.1, 0.15) is 22.3 Å². The number of esters is 2. The number of hydrogen-bond acceptors (Lipinski definition) is 6. The second-order valence-electron chi connectivity index (χ2n) is 8.86. The van der Waals surface area contributed by atoms with E-state index in [1.54, 1.807) is 0 Å². The molecule has 0 radical (unpaired) electrons. The average Bonchev–Trinajstić information content (AvgIpc) is 2.99. The number of carbonyl (C=O) groups is 2. The molecule has 0 heterocycles. The first-order valence-corrected chi connectivity index (χ1v) is 12.4. The van der Waals surface area contributed by atoms with Crippen molar-refractivity contribution in [1.82, 2.24) is 0 Å². The molecule has 42 heavy (non-hydrogen) atoms. The zero-order valence-electron chi connectivity index (χ0n) is 22.0. The minimum Gasteiger partial charge on any atom is -0.458 e. The molecule has 0 aliphatic heterocycles. The maximum absolute atomic E-state index is 15.1. The van der Waals surface area contributed by atoms with Gasteiger partial charge in [-0.1, -0.05) is 61.7 Å². The molecule has 0 aliphatic rings. The van der Waals surface area contributed by atoms with Crippen molar-refractivity contribution in [3.63, 3.8) is 0 Å². The summed E-state index contributed by atoms with van der Waals surface area (Å²) in [6, 6.07) is 18.2. The molecule has 0 bridgehead atoms. The summed E-state index contributed by atoms with van der Waals surface area (Å²) in [5.74, 6) is -1.81. The molecule has 0 fully saturated rings. The van der Waals surface area contributed by atoms with Gasteiger partial charge in [-0.3, -0.25) is 0 Å². The molecular formula is C32H24F4O6. The van der Waals surface area contributed by atoms with Gasteiger partial charge in [0.15, 0.2) is 0 Å². The van der Waals surface area contributed by atoms with Crippen LogP contribution in [0.5, 0.6) is 11.5 Å². The summed E-state index contributed by atoms with van der Waals surface area (Å²) in [6.07, 6.45) is -5.59. The number of hydrogen-bond donors (Lipinski definition) is 0. The number of fused-ring (bicyclic) bond motifs is 1. The third kappa shape index (κ3) is 7.14. The van der Waals surface area contributed by atoms with E-state index in [1.165, 1.54) is 60.7 Å². The Kier molecular flexibility index (Phi) is 8.95. The van der Waals surface area contributed by atoms with Gasteiger partial charge in [0.1, 0.15) is 24.7 Å². The molecule has 4 rings (SSSR count). The van der Waals surface area contributed by atoms with Crippen molar-refractivity contribution in [3.05, 3.63) is 132 Å². The second-order valence-corrected chi connectivity index (χ2v) is 8.86. The van der Waals surface area contributed by atoms with Crippen molar-refractivity contribution >= 4 is 22.7 Å². The Morgan fingerprint density at radius 3 is 1.29 bits per heavy atom. The smallest absolute Gasteiger partial charge is 0.426 e. The number of ether oxygens (including phenoxy) is 4. The Labute approximate surface area is 238 Å². The molecule has 0 unspecified atom stereocenters. The lowest BCUT2D eigenvalue weighted by Crippen LogP contribution is -2.22. The van der Waals surface area contributed by atoms with Crippen LogP contribution < -0.4 is 9.47 Å². The Balaban J connectivity index is 1.52. The predicted octanol–water partition coefficient (Wildman–Crippen LogP) is 7.55. The third-order valence-electron chi connectivity index (χ3n) is 5.99. The van der Waals surface area contributed by atoms with Crippen LogP contribution in [-0.4, -0.2) is 11.9 Å². The number of rotatable bonds is 12. The molecule has 0 saturated heterocycles. The second kappa shape index (κ2) is 12.6.